The second-order valence-electron chi connectivity index (χ2n) is 6.88. The Kier molecular flexibility index (Phi) is 5.30. The van der Waals surface area contributed by atoms with Gasteiger partial charge in [0.1, 0.15) is 24.0 Å². The SMILES string of the molecule is COc1ccc(CNC(=O)Cn2cnc3c(cnn3-c3ccccc3C)c2=O)cc1. The van der Waals surface area contributed by atoms with E-state index >= 15 is 0 Å². The van der Waals surface area contributed by atoms with Gasteiger partial charge in [-0.1, -0.05) is 30.3 Å². The standard InChI is InChI=1S/C22H21N5O3/c1-15-5-3-4-6-19(15)27-21-18(12-25-27)22(29)26(14-24-21)13-20(28)23-11-16-7-9-17(30-2)10-8-16/h3-10,12,14H,11,13H2,1-2H3,(H,23,28). The largest absolute Gasteiger partial charge is 0.497 e. The number of carbonyl (C=O) groups excluding carboxylic acids is 1. The van der Waals surface area contributed by atoms with E-state index in [1.807, 2.05) is 55.5 Å². The molecule has 1 amide bonds. The van der Waals surface area contributed by atoms with E-state index in [0.717, 1.165) is 22.6 Å². The van der Waals surface area contributed by atoms with Crippen molar-refractivity contribution in [2.45, 2.75) is 20.0 Å². The number of hydrogen-bond donors (Lipinski definition) is 1. The predicted octanol–water partition coefficient (Wildman–Crippen LogP) is 2.22. The minimum atomic E-state index is -0.306. The number of aromatic nitrogens is 4. The predicted molar refractivity (Wildman–Crippen MR) is 113 cm³/mol. The van der Waals surface area contributed by atoms with Crippen LogP contribution in [0.2, 0.25) is 0 Å². The zero-order valence-corrected chi connectivity index (χ0v) is 16.7. The summed E-state index contributed by atoms with van der Waals surface area (Å²) in [5, 5.41) is 7.50. The highest BCUT2D eigenvalue weighted by Gasteiger charge is 2.14. The summed E-state index contributed by atoms with van der Waals surface area (Å²) >= 11 is 0. The van der Waals surface area contributed by atoms with Crippen molar-refractivity contribution in [3.05, 3.63) is 82.5 Å². The molecule has 152 valence electrons. The molecular formula is C22H21N5O3. The molecule has 4 aromatic rings. The van der Waals surface area contributed by atoms with Crippen molar-refractivity contribution in [2.75, 3.05) is 7.11 Å². The van der Waals surface area contributed by atoms with Gasteiger partial charge in [0.25, 0.3) is 5.56 Å². The van der Waals surface area contributed by atoms with E-state index in [1.54, 1.807) is 11.8 Å². The summed E-state index contributed by atoms with van der Waals surface area (Å²) in [6.45, 7) is 2.21. The zero-order valence-electron chi connectivity index (χ0n) is 16.7. The van der Waals surface area contributed by atoms with E-state index in [4.69, 9.17) is 4.74 Å². The molecule has 0 saturated heterocycles. The summed E-state index contributed by atoms with van der Waals surface area (Å²) in [4.78, 5) is 29.5. The van der Waals surface area contributed by atoms with Crippen molar-refractivity contribution in [1.29, 1.82) is 0 Å². The van der Waals surface area contributed by atoms with Crippen LogP contribution >= 0.6 is 0 Å². The lowest BCUT2D eigenvalue weighted by Crippen LogP contribution is -2.32. The van der Waals surface area contributed by atoms with E-state index in [0.29, 0.717) is 17.6 Å². The second kappa shape index (κ2) is 8.20. The Hall–Kier alpha value is -3.94. The fourth-order valence-electron chi connectivity index (χ4n) is 3.19. The van der Waals surface area contributed by atoms with Gasteiger partial charge in [-0.05, 0) is 36.2 Å². The molecule has 0 spiro atoms. The first-order valence-corrected chi connectivity index (χ1v) is 9.45. The smallest absolute Gasteiger partial charge is 0.264 e. The van der Waals surface area contributed by atoms with E-state index in [9.17, 15) is 9.59 Å². The Morgan fingerprint density at radius 3 is 2.63 bits per heavy atom. The number of fused-ring (bicyclic) bond motifs is 1. The maximum atomic E-state index is 12.8. The van der Waals surface area contributed by atoms with Crippen LogP contribution in [0, 0.1) is 6.92 Å². The number of nitrogens with one attached hydrogen (secondary N) is 1. The Bertz CT molecular complexity index is 1260. The lowest BCUT2D eigenvalue weighted by molar-refractivity contribution is -0.121. The van der Waals surface area contributed by atoms with Crippen molar-refractivity contribution in [3.63, 3.8) is 0 Å². The van der Waals surface area contributed by atoms with Gasteiger partial charge in [-0.25, -0.2) is 9.67 Å². The maximum Gasteiger partial charge on any atom is 0.264 e. The molecule has 2 aromatic carbocycles. The summed E-state index contributed by atoms with van der Waals surface area (Å²) < 4.78 is 8.05. The molecule has 0 atom stereocenters. The van der Waals surface area contributed by atoms with Crippen molar-refractivity contribution in [1.82, 2.24) is 24.6 Å². The number of methoxy groups -OCH3 is 1. The van der Waals surface area contributed by atoms with Crippen molar-refractivity contribution in [2.24, 2.45) is 0 Å². The number of amides is 1. The number of rotatable bonds is 6. The molecule has 4 rings (SSSR count). The first-order chi connectivity index (χ1) is 14.6. The van der Waals surface area contributed by atoms with Gasteiger partial charge >= 0.3 is 0 Å². The molecule has 2 heterocycles. The third kappa shape index (κ3) is 3.80. The third-order valence-corrected chi connectivity index (χ3v) is 4.86. The number of ether oxygens (including phenoxy) is 1. The molecule has 0 aliphatic carbocycles. The number of para-hydroxylation sites is 1. The van der Waals surface area contributed by atoms with Crippen LogP contribution in [0.4, 0.5) is 0 Å². The van der Waals surface area contributed by atoms with Crippen LogP contribution in [0.3, 0.4) is 0 Å². The molecule has 30 heavy (non-hydrogen) atoms. The Morgan fingerprint density at radius 2 is 1.90 bits per heavy atom. The molecule has 0 fully saturated rings. The van der Waals surface area contributed by atoms with Gasteiger partial charge < -0.3 is 10.1 Å². The average Bonchev–Trinajstić information content (AvgIpc) is 3.19. The molecule has 0 saturated carbocycles. The second-order valence-corrected chi connectivity index (χ2v) is 6.88. The van der Waals surface area contributed by atoms with Crippen LogP contribution < -0.4 is 15.6 Å². The fourth-order valence-corrected chi connectivity index (χ4v) is 3.19. The van der Waals surface area contributed by atoms with E-state index in [1.165, 1.54) is 17.1 Å². The number of hydrogen-bond acceptors (Lipinski definition) is 5. The highest BCUT2D eigenvalue weighted by Crippen LogP contribution is 2.17. The van der Waals surface area contributed by atoms with Gasteiger partial charge in [0, 0.05) is 6.54 Å². The lowest BCUT2D eigenvalue weighted by Gasteiger charge is -2.09. The number of benzene rings is 2. The molecule has 1 N–H and O–H groups in total. The van der Waals surface area contributed by atoms with Crippen LogP contribution in [-0.2, 0) is 17.9 Å². The Labute approximate surface area is 172 Å². The van der Waals surface area contributed by atoms with Crippen LogP contribution in [-0.4, -0.2) is 32.3 Å². The van der Waals surface area contributed by atoms with Crippen LogP contribution in [0.5, 0.6) is 5.75 Å². The number of aryl methyl sites for hydroxylation is 1. The highest BCUT2D eigenvalue weighted by molar-refractivity contribution is 5.78. The van der Waals surface area contributed by atoms with Crippen molar-refractivity contribution >= 4 is 16.9 Å². The average molecular weight is 403 g/mol. The molecule has 0 aliphatic rings. The first kappa shape index (κ1) is 19.4. The molecular weight excluding hydrogens is 382 g/mol. The normalized spacial score (nSPS) is 10.9. The van der Waals surface area contributed by atoms with Gasteiger partial charge in [-0.15, -0.1) is 0 Å². The topological polar surface area (TPSA) is 91.0 Å². The monoisotopic (exact) mass is 403 g/mol. The molecule has 2 aromatic heterocycles. The number of nitrogens with zero attached hydrogens (tertiary/aromatic N) is 4. The summed E-state index contributed by atoms with van der Waals surface area (Å²) in [5.74, 6) is 0.475. The van der Waals surface area contributed by atoms with Crippen molar-refractivity contribution < 1.29 is 9.53 Å². The fraction of sp³-hybridized carbons (Fsp3) is 0.182. The van der Waals surface area contributed by atoms with Gasteiger partial charge in [-0.2, -0.15) is 5.10 Å². The van der Waals surface area contributed by atoms with Crippen molar-refractivity contribution in [3.8, 4) is 11.4 Å². The maximum absolute atomic E-state index is 12.8. The zero-order chi connectivity index (χ0) is 21.1. The van der Waals surface area contributed by atoms with Crippen LogP contribution in [0.1, 0.15) is 11.1 Å². The molecule has 8 heteroatoms. The van der Waals surface area contributed by atoms with E-state index in [2.05, 4.69) is 15.4 Å². The van der Waals surface area contributed by atoms with E-state index < -0.39 is 0 Å². The van der Waals surface area contributed by atoms with Crippen LogP contribution in [0.15, 0.2) is 65.8 Å². The minimum Gasteiger partial charge on any atom is -0.497 e. The summed E-state index contributed by atoms with van der Waals surface area (Å²) in [5.41, 5.74) is 2.97. The van der Waals surface area contributed by atoms with Gasteiger partial charge in [-0.3, -0.25) is 14.2 Å². The molecule has 0 aliphatic heterocycles. The summed E-state index contributed by atoms with van der Waals surface area (Å²) in [7, 11) is 1.60. The van der Waals surface area contributed by atoms with E-state index in [-0.39, 0.29) is 18.0 Å². The van der Waals surface area contributed by atoms with Gasteiger partial charge in [0.15, 0.2) is 5.65 Å². The third-order valence-electron chi connectivity index (χ3n) is 4.86. The van der Waals surface area contributed by atoms with Crippen LogP contribution in [0.25, 0.3) is 16.7 Å². The molecule has 8 nitrogen and oxygen atoms in total. The minimum absolute atomic E-state index is 0.118. The Balaban J connectivity index is 1.51. The quantitative estimate of drug-likeness (QED) is 0.533. The van der Waals surface area contributed by atoms with Gasteiger partial charge in [0.05, 0.1) is 19.0 Å². The van der Waals surface area contributed by atoms with Gasteiger partial charge in [0.2, 0.25) is 5.91 Å². The summed E-state index contributed by atoms with van der Waals surface area (Å²) in [6.07, 6.45) is 2.87. The lowest BCUT2D eigenvalue weighted by atomic mass is 10.2. The Morgan fingerprint density at radius 1 is 1.13 bits per heavy atom. The molecule has 0 unspecified atom stereocenters. The first-order valence-electron chi connectivity index (χ1n) is 9.45. The highest BCUT2D eigenvalue weighted by atomic mass is 16.5. The molecule has 0 bridgehead atoms. The summed E-state index contributed by atoms with van der Waals surface area (Å²) in [6, 6.07) is 15.1. The molecule has 0 radical (unpaired) electrons. The number of carbonyl (C=O) groups is 1.